The van der Waals surface area contributed by atoms with Crippen LogP contribution in [0.3, 0.4) is 0 Å². The molecule has 16 heavy (non-hydrogen) atoms. The first kappa shape index (κ1) is 10.6. The van der Waals surface area contributed by atoms with Gasteiger partial charge in [-0.25, -0.2) is 4.39 Å². The van der Waals surface area contributed by atoms with E-state index in [-0.39, 0.29) is 5.82 Å². The monoisotopic (exact) mass is 220 g/mol. The second-order valence-electron chi connectivity index (χ2n) is 3.55. The van der Waals surface area contributed by atoms with Crippen LogP contribution in [-0.2, 0) is 6.54 Å². The van der Waals surface area contributed by atoms with Crippen molar-refractivity contribution >= 4 is 5.69 Å². The average molecular weight is 220 g/mol. The van der Waals surface area contributed by atoms with E-state index in [0.29, 0.717) is 23.6 Å². The predicted octanol–water partition coefficient (Wildman–Crippen LogP) is 1.99. The van der Waals surface area contributed by atoms with Gasteiger partial charge >= 0.3 is 0 Å². The van der Waals surface area contributed by atoms with Crippen LogP contribution >= 0.6 is 0 Å². The van der Waals surface area contributed by atoms with Gasteiger partial charge in [-0.1, -0.05) is 0 Å². The smallest absolute Gasteiger partial charge is 0.166 e. The number of benzene rings is 1. The number of rotatable bonds is 2. The molecule has 1 aromatic heterocycles. The second-order valence-corrected chi connectivity index (χ2v) is 3.55. The third kappa shape index (κ3) is 1.64. The highest BCUT2D eigenvalue weighted by atomic mass is 19.1. The highest BCUT2D eigenvalue weighted by Crippen LogP contribution is 2.23. The van der Waals surface area contributed by atoms with Crippen LogP contribution in [0.2, 0.25) is 0 Å². The molecular formula is C11H13FN4. The molecule has 0 bridgehead atoms. The highest BCUT2D eigenvalue weighted by Gasteiger charge is 2.13. The van der Waals surface area contributed by atoms with Crippen LogP contribution in [0, 0.1) is 12.7 Å². The lowest BCUT2D eigenvalue weighted by Crippen LogP contribution is -2.01. The number of hydrogen-bond donors (Lipinski definition) is 1. The summed E-state index contributed by atoms with van der Waals surface area (Å²) in [6, 6.07) is 4.57. The molecule has 0 fully saturated rings. The zero-order valence-corrected chi connectivity index (χ0v) is 9.24. The number of nitrogens with zero attached hydrogens (tertiary/aromatic N) is 3. The van der Waals surface area contributed by atoms with Gasteiger partial charge in [0.15, 0.2) is 5.82 Å². The number of aromatic nitrogens is 3. The van der Waals surface area contributed by atoms with Crippen LogP contribution in [-0.4, -0.2) is 14.8 Å². The van der Waals surface area contributed by atoms with Crippen LogP contribution < -0.4 is 5.73 Å². The Hall–Kier alpha value is -1.91. The molecule has 2 aromatic rings. The summed E-state index contributed by atoms with van der Waals surface area (Å²) in [6.45, 7) is 4.52. The minimum Gasteiger partial charge on any atom is -0.399 e. The molecule has 0 spiro atoms. The van der Waals surface area contributed by atoms with E-state index in [2.05, 4.69) is 10.2 Å². The molecule has 0 amide bonds. The van der Waals surface area contributed by atoms with Crippen LogP contribution in [0.1, 0.15) is 12.7 Å². The Morgan fingerprint density at radius 3 is 2.75 bits per heavy atom. The van der Waals surface area contributed by atoms with Gasteiger partial charge in [-0.05, 0) is 32.0 Å². The standard InChI is InChI=1S/C11H13FN4/c1-3-16-7(2)14-15-11(16)9-5-4-8(13)6-10(9)12/h4-6H,3,13H2,1-2H3. The van der Waals surface area contributed by atoms with E-state index >= 15 is 0 Å². The van der Waals surface area contributed by atoms with Crippen molar-refractivity contribution in [3.63, 3.8) is 0 Å². The zero-order valence-electron chi connectivity index (χ0n) is 9.24. The molecule has 1 heterocycles. The van der Waals surface area contributed by atoms with Gasteiger partial charge in [-0.2, -0.15) is 0 Å². The Labute approximate surface area is 92.9 Å². The molecule has 0 aliphatic carbocycles. The summed E-state index contributed by atoms with van der Waals surface area (Å²) in [5.74, 6) is 0.938. The van der Waals surface area contributed by atoms with E-state index in [9.17, 15) is 4.39 Å². The summed E-state index contributed by atoms with van der Waals surface area (Å²) in [7, 11) is 0. The molecule has 0 radical (unpaired) electrons. The van der Waals surface area contributed by atoms with E-state index in [1.54, 1.807) is 12.1 Å². The molecule has 0 atom stereocenters. The van der Waals surface area contributed by atoms with E-state index in [1.807, 2.05) is 18.4 Å². The molecule has 2 N–H and O–H groups in total. The maximum absolute atomic E-state index is 13.7. The summed E-state index contributed by atoms with van der Waals surface area (Å²) in [6.07, 6.45) is 0. The molecular weight excluding hydrogens is 207 g/mol. The lowest BCUT2D eigenvalue weighted by atomic mass is 10.2. The van der Waals surface area contributed by atoms with Crippen molar-refractivity contribution in [1.29, 1.82) is 0 Å². The normalized spacial score (nSPS) is 10.7. The van der Waals surface area contributed by atoms with Crippen LogP contribution in [0.25, 0.3) is 11.4 Å². The molecule has 0 unspecified atom stereocenters. The minimum absolute atomic E-state index is 0.373. The Balaban J connectivity index is 2.58. The average Bonchev–Trinajstić information content (AvgIpc) is 2.59. The molecule has 1 aromatic carbocycles. The van der Waals surface area contributed by atoms with Gasteiger partial charge in [-0.15, -0.1) is 10.2 Å². The SMILES string of the molecule is CCn1c(C)nnc1-c1ccc(N)cc1F. The summed E-state index contributed by atoms with van der Waals surface area (Å²) in [4.78, 5) is 0. The summed E-state index contributed by atoms with van der Waals surface area (Å²) in [5.41, 5.74) is 6.33. The fourth-order valence-electron chi connectivity index (χ4n) is 1.67. The molecule has 0 saturated heterocycles. The highest BCUT2D eigenvalue weighted by molar-refractivity contribution is 5.60. The number of nitrogen functional groups attached to an aromatic ring is 1. The van der Waals surface area contributed by atoms with Gasteiger partial charge in [0.1, 0.15) is 11.6 Å². The summed E-state index contributed by atoms with van der Waals surface area (Å²) < 4.78 is 15.6. The second kappa shape index (κ2) is 3.92. The van der Waals surface area contributed by atoms with Crippen LogP contribution in [0.4, 0.5) is 10.1 Å². The third-order valence-electron chi connectivity index (χ3n) is 2.49. The van der Waals surface area contributed by atoms with E-state index in [0.717, 1.165) is 5.82 Å². The Kier molecular flexibility index (Phi) is 2.60. The van der Waals surface area contributed by atoms with Crippen molar-refractivity contribution in [2.75, 3.05) is 5.73 Å². The Bertz CT molecular complexity index is 519. The molecule has 4 nitrogen and oxygen atoms in total. The van der Waals surface area contributed by atoms with Crippen LogP contribution in [0.15, 0.2) is 18.2 Å². The number of nitrogens with two attached hydrogens (primary N) is 1. The van der Waals surface area contributed by atoms with E-state index in [4.69, 9.17) is 5.73 Å². The quantitative estimate of drug-likeness (QED) is 0.787. The molecule has 0 aliphatic heterocycles. The first-order chi connectivity index (χ1) is 7.63. The molecule has 0 saturated carbocycles. The van der Waals surface area contributed by atoms with Crippen molar-refractivity contribution < 1.29 is 4.39 Å². The maximum Gasteiger partial charge on any atom is 0.166 e. The predicted molar refractivity (Wildman–Crippen MR) is 60.2 cm³/mol. The number of halogens is 1. The fraction of sp³-hybridized carbons (Fsp3) is 0.273. The molecule has 2 rings (SSSR count). The van der Waals surface area contributed by atoms with Crippen molar-refractivity contribution in [2.24, 2.45) is 0 Å². The topological polar surface area (TPSA) is 56.7 Å². The maximum atomic E-state index is 13.7. The molecule has 5 heteroatoms. The summed E-state index contributed by atoms with van der Waals surface area (Å²) >= 11 is 0. The van der Waals surface area contributed by atoms with Crippen molar-refractivity contribution in [3.05, 3.63) is 29.8 Å². The van der Waals surface area contributed by atoms with Crippen molar-refractivity contribution in [2.45, 2.75) is 20.4 Å². The van der Waals surface area contributed by atoms with Gasteiger partial charge in [0.25, 0.3) is 0 Å². The number of anilines is 1. The van der Waals surface area contributed by atoms with Gasteiger partial charge in [0.05, 0.1) is 5.56 Å². The summed E-state index contributed by atoms with van der Waals surface area (Å²) in [5, 5.41) is 7.92. The van der Waals surface area contributed by atoms with Crippen molar-refractivity contribution in [1.82, 2.24) is 14.8 Å². The largest absolute Gasteiger partial charge is 0.399 e. The third-order valence-corrected chi connectivity index (χ3v) is 2.49. The van der Waals surface area contributed by atoms with Crippen LogP contribution in [0.5, 0.6) is 0 Å². The van der Waals surface area contributed by atoms with Gasteiger partial charge in [0.2, 0.25) is 0 Å². The first-order valence-corrected chi connectivity index (χ1v) is 5.08. The Morgan fingerprint density at radius 1 is 1.38 bits per heavy atom. The first-order valence-electron chi connectivity index (χ1n) is 5.08. The molecule has 84 valence electrons. The lowest BCUT2D eigenvalue weighted by Gasteiger charge is -2.06. The molecule has 0 aliphatic rings. The van der Waals surface area contributed by atoms with E-state index < -0.39 is 0 Å². The Morgan fingerprint density at radius 2 is 2.12 bits per heavy atom. The minimum atomic E-state index is -0.373. The van der Waals surface area contributed by atoms with Crippen molar-refractivity contribution in [3.8, 4) is 11.4 Å². The van der Waals surface area contributed by atoms with Gasteiger partial charge in [-0.3, -0.25) is 0 Å². The van der Waals surface area contributed by atoms with E-state index in [1.165, 1.54) is 6.07 Å². The fourth-order valence-corrected chi connectivity index (χ4v) is 1.67. The number of aryl methyl sites for hydroxylation is 1. The van der Waals surface area contributed by atoms with Gasteiger partial charge in [0, 0.05) is 12.2 Å². The number of hydrogen-bond acceptors (Lipinski definition) is 3. The zero-order chi connectivity index (χ0) is 11.7. The van der Waals surface area contributed by atoms with Gasteiger partial charge < -0.3 is 10.3 Å². The lowest BCUT2D eigenvalue weighted by molar-refractivity contribution is 0.627.